The van der Waals surface area contributed by atoms with Gasteiger partial charge in [0.15, 0.2) is 5.78 Å². The van der Waals surface area contributed by atoms with Gasteiger partial charge in [-0.3, -0.25) is 9.69 Å². The maximum Gasteiger partial charge on any atom is 0.152 e. The molecule has 0 aliphatic heterocycles. The highest BCUT2D eigenvalue weighted by Crippen LogP contribution is 2.27. The van der Waals surface area contributed by atoms with Crippen molar-refractivity contribution in [2.75, 3.05) is 20.1 Å². The molecule has 3 heteroatoms. The molecular formula is C12H23NO2. The molecule has 1 aliphatic carbocycles. The molecule has 0 bridgehead atoms. The van der Waals surface area contributed by atoms with Crippen LogP contribution in [0.25, 0.3) is 0 Å². The Morgan fingerprint density at radius 1 is 1.40 bits per heavy atom. The van der Waals surface area contributed by atoms with Crippen LogP contribution in [0.5, 0.6) is 0 Å². The number of hydrogen-bond acceptors (Lipinski definition) is 3. The van der Waals surface area contributed by atoms with Crippen molar-refractivity contribution in [3.8, 4) is 0 Å². The van der Waals surface area contributed by atoms with E-state index in [2.05, 4.69) is 4.90 Å². The first-order chi connectivity index (χ1) is 6.79. The van der Waals surface area contributed by atoms with Crippen molar-refractivity contribution in [2.45, 2.75) is 39.7 Å². The molecule has 3 nitrogen and oxygen atoms in total. The van der Waals surface area contributed by atoms with Crippen molar-refractivity contribution in [3.05, 3.63) is 0 Å². The lowest BCUT2D eigenvalue weighted by Crippen LogP contribution is -2.40. The summed E-state index contributed by atoms with van der Waals surface area (Å²) in [5.41, 5.74) is -0.243. The third-order valence-electron chi connectivity index (χ3n) is 3.03. The lowest BCUT2D eigenvalue weighted by Gasteiger charge is -2.34. The van der Waals surface area contributed by atoms with Crippen LogP contribution in [-0.4, -0.2) is 42.0 Å². The molecule has 0 aromatic heterocycles. The fraction of sp³-hybridized carbons (Fsp3) is 0.917. The van der Waals surface area contributed by atoms with Gasteiger partial charge in [-0.15, -0.1) is 0 Å². The normalized spacial score (nSPS) is 26.5. The number of aliphatic hydroxyl groups is 1. The third-order valence-corrected chi connectivity index (χ3v) is 3.03. The number of aliphatic hydroxyl groups excluding tert-OH is 1. The predicted octanol–water partition coefficient (Wildman–Crippen LogP) is 1.30. The largest absolute Gasteiger partial charge is 0.393 e. The first-order valence-electron chi connectivity index (χ1n) is 5.69. The molecule has 15 heavy (non-hydrogen) atoms. The zero-order valence-electron chi connectivity index (χ0n) is 10.3. The molecule has 1 aliphatic rings. The smallest absolute Gasteiger partial charge is 0.152 e. The van der Waals surface area contributed by atoms with Crippen molar-refractivity contribution >= 4 is 5.78 Å². The first kappa shape index (κ1) is 12.7. The molecule has 1 rings (SSSR count). The molecule has 88 valence electrons. The minimum absolute atomic E-state index is 0.0956. The molecule has 1 fully saturated rings. The molecule has 1 N–H and O–H groups in total. The number of carbonyl (C=O) groups excluding carboxylic acids is 1. The van der Waals surface area contributed by atoms with Crippen LogP contribution in [-0.2, 0) is 4.79 Å². The molecule has 0 spiro atoms. The van der Waals surface area contributed by atoms with Gasteiger partial charge in [0.2, 0.25) is 0 Å². The molecule has 0 unspecified atom stereocenters. The van der Waals surface area contributed by atoms with Crippen LogP contribution in [0.1, 0.15) is 33.6 Å². The van der Waals surface area contributed by atoms with E-state index in [0.29, 0.717) is 12.5 Å². The van der Waals surface area contributed by atoms with Gasteiger partial charge >= 0.3 is 0 Å². The second-order valence-corrected chi connectivity index (χ2v) is 5.86. The molecule has 0 radical (unpaired) electrons. The van der Waals surface area contributed by atoms with Gasteiger partial charge < -0.3 is 5.11 Å². The molecule has 0 heterocycles. The summed E-state index contributed by atoms with van der Waals surface area (Å²) in [5.74, 6) is 0.864. The van der Waals surface area contributed by atoms with Gasteiger partial charge in [-0.25, -0.2) is 0 Å². The van der Waals surface area contributed by atoms with Crippen LogP contribution in [0.2, 0.25) is 0 Å². The van der Waals surface area contributed by atoms with Gasteiger partial charge in [0.1, 0.15) is 0 Å². The first-order valence-corrected chi connectivity index (χ1v) is 5.69. The summed E-state index contributed by atoms with van der Waals surface area (Å²) in [5, 5.41) is 9.16. The van der Waals surface area contributed by atoms with Crippen LogP contribution >= 0.6 is 0 Å². The van der Waals surface area contributed by atoms with E-state index in [1.54, 1.807) is 0 Å². The van der Waals surface area contributed by atoms with E-state index in [-0.39, 0.29) is 17.3 Å². The monoisotopic (exact) mass is 213 g/mol. The van der Waals surface area contributed by atoms with E-state index < -0.39 is 0 Å². The van der Waals surface area contributed by atoms with Crippen molar-refractivity contribution in [1.82, 2.24) is 4.90 Å². The van der Waals surface area contributed by atoms with E-state index in [9.17, 15) is 4.79 Å². The van der Waals surface area contributed by atoms with Crippen LogP contribution in [0, 0.1) is 11.3 Å². The maximum atomic E-state index is 11.7. The van der Waals surface area contributed by atoms with Gasteiger partial charge in [-0.05, 0) is 25.8 Å². The Labute approximate surface area is 92.5 Å². The number of likely N-dealkylation sites (N-methyl/N-ethyl adjacent to an activating group) is 1. The predicted molar refractivity (Wildman–Crippen MR) is 60.7 cm³/mol. The van der Waals surface area contributed by atoms with Gasteiger partial charge in [0, 0.05) is 12.0 Å². The highest BCUT2D eigenvalue weighted by molar-refractivity contribution is 5.85. The summed E-state index contributed by atoms with van der Waals surface area (Å²) >= 11 is 0. The number of rotatable bonds is 4. The number of hydrogen-bond donors (Lipinski definition) is 1. The molecule has 0 amide bonds. The summed E-state index contributed by atoms with van der Waals surface area (Å²) in [6.07, 6.45) is 1.70. The van der Waals surface area contributed by atoms with Gasteiger partial charge in [0.25, 0.3) is 0 Å². The van der Waals surface area contributed by atoms with Gasteiger partial charge in [-0.2, -0.15) is 0 Å². The second kappa shape index (κ2) is 4.62. The Hall–Kier alpha value is -0.410. The fourth-order valence-electron chi connectivity index (χ4n) is 1.84. The molecule has 0 atom stereocenters. The second-order valence-electron chi connectivity index (χ2n) is 5.86. The number of nitrogens with zero attached hydrogens (tertiary/aromatic N) is 1. The molecule has 0 aromatic rings. The summed E-state index contributed by atoms with van der Waals surface area (Å²) < 4.78 is 0. The number of carbonyl (C=O) groups is 1. The molecule has 1 saturated carbocycles. The van der Waals surface area contributed by atoms with Crippen molar-refractivity contribution < 1.29 is 9.90 Å². The fourth-order valence-corrected chi connectivity index (χ4v) is 1.84. The number of Topliss-reactive ketones (excluding diaryl/α,β-unsaturated/α-hetero) is 1. The zero-order chi connectivity index (χ0) is 11.6. The Kier molecular flexibility index (Phi) is 3.90. The topological polar surface area (TPSA) is 40.5 Å². The lowest BCUT2D eigenvalue weighted by molar-refractivity contribution is -0.127. The lowest BCUT2D eigenvalue weighted by atomic mass is 9.82. The Morgan fingerprint density at radius 2 is 1.93 bits per heavy atom. The van der Waals surface area contributed by atoms with Crippen LogP contribution < -0.4 is 0 Å². The van der Waals surface area contributed by atoms with Crippen LogP contribution in [0.4, 0.5) is 0 Å². The average Bonchev–Trinajstić information content (AvgIpc) is 1.99. The molecule has 0 saturated heterocycles. The minimum Gasteiger partial charge on any atom is -0.393 e. The van der Waals surface area contributed by atoms with E-state index in [0.717, 1.165) is 19.4 Å². The zero-order valence-corrected chi connectivity index (χ0v) is 10.3. The average molecular weight is 213 g/mol. The Balaban J connectivity index is 2.24. The maximum absolute atomic E-state index is 11.7. The van der Waals surface area contributed by atoms with Gasteiger partial charge in [0.05, 0.1) is 12.6 Å². The highest BCUT2D eigenvalue weighted by Gasteiger charge is 2.29. The molecular weight excluding hydrogens is 190 g/mol. The van der Waals surface area contributed by atoms with Gasteiger partial charge in [-0.1, -0.05) is 20.8 Å². The number of ketones is 1. The van der Waals surface area contributed by atoms with Crippen LogP contribution in [0.3, 0.4) is 0 Å². The third kappa shape index (κ3) is 3.92. The molecule has 0 aromatic carbocycles. The Morgan fingerprint density at radius 3 is 2.33 bits per heavy atom. The van der Waals surface area contributed by atoms with Crippen molar-refractivity contribution in [2.24, 2.45) is 11.3 Å². The van der Waals surface area contributed by atoms with E-state index in [1.807, 2.05) is 27.8 Å². The van der Waals surface area contributed by atoms with Crippen LogP contribution in [0.15, 0.2) is 0 Å². The standard InChI is InChI=1S/C12H23NO2/c1-12(2,3)11(15)8-13(4)7-9-5-10(14)6-9/h9-10,14H,5-8H2,1-4H3. The van der Waals surface area contributed by atoms with E-state index in [1.165, 1.54) is 0 Å². The summed E-state index contributed by atoms with van der Waals surface area (Å²) in [4.78, 5) is 13.8. The quantitative estimate of drug-likeness (QED) is 0.765. The summed E-state index contributed by atoms with van der Waals surface area (Å²) in [7, 11) is 1.98. The summed E-state index contributed by atoms with van der Waals surface area (Å²) in [6, 6.07) is 0. The van der Waals surface area contributed by atoms with Crippen molar-refractivity contribution in [3.63, 3.8) is 0 Å². The van der Waals surface area contributed by atoms with E-state index in [4.69, 9.17) is 5.11 Å². The SMILES string of the molecule is CN(CC(=O)C(C)(C)C)CC1CC(O)C1. The van der Waals surface area contributed by atoms with E-state index >= 15 is 0 Å². The summed E-state index contributed by atoms with van der Waals surface area (Å²) in [6.45, 7) is 7.32. The highest BCUT2D eigenvalue weighted by atomic mass is 16.3. The Bertz CT molecular complexity index is 226. The van der Waals surface area contributed by atoms with Crippen molar-refractivity contribution in [1.29, 1.82) is 0 Å². The minimum atomic E-state index is -0.243.